The molecule has 0 saturated carbocycles. The molecule has 0 fully saturated rings. The molecule has 0 spiro atoms. The van der Waals surface area contributed by atoms with E-state index in [4.69, 9.17) is 0 Å². The maximum absolute atomic E-state index is 4.06. The molecule has 0 aliphatic carbocycles. The van der Waals surface area contributed by atoms with Crippen molar-refractivity contribution in [1.82, 2.24) is 10.2 Å². The Morgan fingerprint density at radius 3 is 2.69 bits per heavy atom. The molecule has 0 N–H and O–H groups in total. The fourth-order valence-corrected chi connectivity index (χ4v) is 1.32. The predicted molar refractivity (Wildman–Crippen MR) is 57.3 cm³/mol. The molecule has 0 bridgehead atoms. The minimum Gasteiger partial charge on any atom is -0.361 e. The van der Waals surface area contributed by atoms with Gasteiger partial charge in [0.2, 0.25) is 0 Å². The normalized spacial score (nSPS) is 9.69. The predicted octanol–water partition coefficient (Wildman–Crippen LogP) is 1.82. The van der Waals surface area contributed by atoms with Gasteiger partial charge in [0.25, 0.3) is 0 Å². The van der Waals surface area contributed by atoms with Gasteiger partial charge in [-0.05, 0) is 12.1 Å². The number of hydrogen-bond acceptors (Lipinski definition) is 4. The molecule has 3 nitrogen and oxygen atoms in total. The lowest BCUT2D eigenvalue weighted by atomic mass is 10.5. The zero-order valence-electron chi connectivity index (χ0n) is 7.90. The zero-order valence-corrected chi connectivity index (χ0v) is 8.71. The van der Waals surface area contributed by atoms with Crippen LogP contribution in [0.3, 0.4) is 0 Å². The number of anilines is 1. The van der Waals surface area contributed by atoms with Gasteiger partial charge in [-0.2, -0.15) is 0 Å². The summed E-state index contributed by atoms with van der Waals surface area (Å²) in [5.74, 6) is 1.75. The summed E-state index contributed by atoms with van der Waals surface area (Å²) < 4.78 is 0. The van der Waals surface area contributed by atoms with Gasteiger partial charge >= 0.3 is 0 Å². The van der Waals surface area contributed by atoms with Crippen molar-refractivity contribution < 1.29 is 0 Å². The van der Waals surface area contributed by atoms with Gasteiger partial charge in [-0.3, -0.25) is 0 Å². The Hall–Kier alpha value is -1.03. The summed E-state index contributed by atoms with van der Waals surface area (Å²) in [4.78, 5) is 1.93. The van der Waals surface area contributed by atoms with E-state index < -0.39 is 0 Å². The molecule has 0 unspecified atom stereocenters. The van der Waals surface area contributed by atoms with Crippen molar-refractivity contribution in [3.8, 4) is 0 Å². The van der Waals surface area contributed by atoms with E-state index in [1.54, 1.807) is 11.8 Å². The minimum absolute atomic E-state index is 0.871. The molecule has 1 heterocycles. The first-order chi connectivity index (χ1) is 6.24. The summed E-state index contributed by atoms with van der Waals surface area (Å²) in [6.45, 7) is 3.64. The second kappa shape index (κ2) is 4.87. The van der Waals surface area contributed by atoms with Crippen molar-refractivity contribution >= 4 is 17.6 Å². The van der Waals surface area contributed by atoms with Gasteiger partial charge in [0.05, 0.1) is 0 Å². The van der Waals surface area contributed by atoms with Crippen molar-refractivity contribution in [2.24, 2.45) is 0 Å². The van der Waals surface area contributed by atoms with E-state index in [1.807, 2.05) is 37.2 Å². The average Bonchev–Trinajstić information content (AvgIpc) is 2.15. The number of aromatic nitrogens is 2. The molecule has 1 rings (SSSR count). The van der Waals surface area contributed by atoms with Crippen molar-refractivity contribution in [2.45, 2.75) is 5.03 Å². The van der Waals surface area contributed by atoms with Gasteiger partial charge in [0.1, 0.15) is 5.03 Å². The molecule has 0 radical (unpaired) electrons. The summed E-state index contributed by atoms with van der Waals surface area (Å²) in [7, 11) is 3.89. The van der Waals surface area contributed by atoms with E-state index in [-0.39, 0.29) is 0 Å². The van der Waals surface area contributed by atoms with Crippen LogP contribution in [0.15, 0.2) is 29.8 Å². The van der Waals surface area contributed by atoms with E-state index >= 15 is 0 Å². The number of rotatable bonds is 4. The number of thioether (sulfide) groups is 1. The van der Waals surface area contributed by atoms with Gasteiger partial charge in [-0.15, -0.1) is 28.5 Å². The highest BCUT2D eigenvalue weighted by Crippen LogP contribution is 2.15. The SMILES string of the molecule is C=CCSc1ccc(N(C)C)nn1. The topological polar surface area (TPSA) is 29.0 Å². The summed E-state index contributed by atoms with van der Waals surface area (Å²) >= 11 is 1.63. The van der Waals surface area contributed by atoms with Gasteiger partial charge in [0, 0.05) is 19.8 Å². The molecule has 0 saturated heterocycles. The first kappa shape index (κ1) is 10.1. The molecular formula is C9H13N3S. The second-order valence-electron chi connectivity index (χ2n) is 2.72. The monoisotopic (exact) mass is 195 g/mol. The molecule has 0 amide bonds. The highest BCUT2D eigenvalue weighted by Gasteiger charge is 1.98. The lowest BCUT2D eigenvalue weighted by Crippen LogP contribution is -2.11. The van der Waals surface area contributed by atoms with Crippen LogP contribution in [-0.4, -0.2) is 30.0 Å². The van der Waals surface area contributed by atoms with Crippen LogP contribution in [0.4, 0.5) is 5.82 Å². The van der Waals surface area contributed by atoms with Crippen molar-refractivity contribution in [2.75, 3.05) is 24.7 Å². The maximum Gasteiger partial charge on any atom is 0.150 e. The molecule has 0 aromatic carbocycles. The van der Waals surface area contributed by atoms with Crippen molar-refractivity contribution in [1.29, 1.82) is 0 Å². The molecular weight excluding hydrogens is 182 g/mol. The van der Waals surface area contributed by atoms with E-state index in [9.17, 15) is 0 Å². The first-order valence-corrected chi connectivity index (χ1v) is 4.97. The standard InChI is InChI=1S/C9H13N3S/c1-4-7-13-9-6-5-8(10-11-9)12(2)3/h4-6H,1,7H2,2-3H3. The Labute approximate surface area is 82.9 Å². The van der Waals surface area contributed by atoms with Gasteiger partial charge < -0.3 is 4.90 Å². The summed E-state index contributed by atoms with van der Waals surface area (Å²) in [6, 6.07) is 3.93. The third-order valence-corrected chi connectivity index (χ3v) is 2.35. The van der Waals surface area contributed by atoms with Crippen LogP contribution in [0.2, 0.25) is 0 Å². The minimum atomic E-state index is 0.871. The molecule has 70 valence electrons. The smallest absolute Gasteiger partial charge is 0.150 e. The fourth-order valence-electron chi connectivity index (χ4n) is 0.773. The summed E-state index contributed by atoms with van der Waals surface area (Å²) in [5.41, 5.74) is 0. The number of nitrogens with zero attached hydrogens (tertiary/aromatic N) is 3. The van der Waals surface area contributed by atoms with Gasteiger partial charge in [0.15, 0.2) is 5.82 Å². The first-order valence-electron chi connectivity index (χ1n) is 3.99. The van der Waals surface area contributed by atoms with Crippen LogP contribution >= 0.6 is 11.8 Å². The lowest BCUT2D eigenvalue weighted by molar-refractivity contribution is 0.898. The van der Waals surface area contributed by atoms with Crippen LogP contribution in [0.5, 0.6) is 0 Å². The highest BCUT2D eigenvalue weighted by molar-refractivity contribution is 7.99. The van der Waals surface area contributed by atoms with E-state index in [0.717, 1.165) is 16.6 Å². The molecule has 0 aliphatic rings. The van der Waals surface area contributed by atoms with E-state index in [0.29, 0.717) is 0 Å². The van der Waals surface area contributed by atoms with Crippen LogP contribution in [0, 0.1) is 0 Å². The van der Waals surface area contributed by atoms with Crippen LogP contribution in [0.25, 0.3) is 0 Å². The van der Waals surface area contributed by atoms with Gasteiger partial charge in [-0.1, -0.05) is 6.08 Å². The highest BCUT2D eigenvalue weighted by atomic mass is 32.2. The Bertz CT molecular complexity index is 269. The Morgan fingerprint density at radius 2 is 2.23 bits per heavy atom. The van der Waals surface area contributed by atoms with Crippen LogP contribution < -0.4 is 4.90 Å². The molecule has 13 heavy (non-hydrogen) atoms. The van der Waals surface area contributed by atoms with Crippen LogP contribution in [0.1, 0.15) is 0 Å². The van der Waals surface area contributed by atoms with E-state index in [2.05, 4.69) is 16.8 Å². The maximum atomic E-state index is 4.06. The van der Waals surface area contributed by atoms with Crippen molar-refractivity contribution in [3.05, 3.63) is 24.8 Å². The van der Waals surface area contributed by atoms with Crippen LogP contribution in [-0.2, 0) is 0 Å². The Kier molecular flexibility index (Phi) is 3.76. The average molecular weight is 195 g/mol. The third kappa shape index (κ3) is 3.06. The third-order valence-electron chi connectivity index (χ3n) is 1.43. The largest absolute Gasteiger partial charge is 0.361 e. The Balaban J connectivity index is 2.64. The fraction of sp³-hybridized carbons (Fsp3) is 0.333. The quantitative estimate of drug-likeness (QED) is 0.541. The molecule has 0 atom stereocenters. The number of hydrogen-bond donors (Lipinski definition) is 0. The molecule has 4 heteroatoms. The Morgan fingerprint density at radius 1 is 1.46 bits per heavy atom. The summed E-state index contributed by atoms with van der Waals surface area (Å²) in [5, 5.41) is 9.05. The second-order valence-corrected chi connectivity index (χ2v) is 3.76. The molecule has 0 aliphatic heterocycles. The van der Waals surface area contributed by atoms with E-state index in [1.165, 1.54) is 0 Å². The van der Waals surface area contributed by atoms with Gasteiger partial charge in [-0.25, -0.2) is 0 Å². The lowest BCUT2D eigenvalue weighted by Gasteiger charge is -2.09. The molecule has 1 aromatic heterocycles. The molecule has 1 aromatic rings. The summed E-state index contributed by atoms with van der Waals surface area (Å²) in [6.07, 6.45) is 1.85. The van der Waals surface area contributed by atoms with Crippen molar-refractivity contribution in [3.63, 3.8) is 0 Å². The zero-order chi connectivity index (χ0) is 9.68.